The Morgan fingerprint density at radius 3 is 2.65 bits per heavy atom. The lowest BCUT2D eigenvalue weighted by atomic mass is 10.2. The van der Waals surface area contributed by atoms with Crippen LogP contribution in [0.5, 0.6) is 5.75 Å². The van der Waals surface area contributed by atoms with Gasteiger partial charge in [-0.05, 0) is 11.6 Å². The van der Waals surface area contributed by atoms with Gasteiger partial charge in [-0.2, -0.15) is 0 Å². The fourth-order valence-electron chi connectivity index (χ4n) is 1.63. The summed E-state index contributed by atoms with van der Waals surface area (Å²) in [5.74, 6) is -0.175. The Balaban J connectivity index is 1.93. The predicted octanol–water partition coefficient (Wildman–Crippen LogP) is 3.58. The molecule has 4 nitrogen and oxygen atoms in total. The zero-order chi connectivity index (χ0) is 14.4. The third-order valence-corrected chi connectivity index (χ3v) is 2.57. The van der Waals surface area contributed by atoms with Gasteiger partial charge in [-0.3, -0.25) is 5.32 Å². The van der Waals surface area contributed by atoms with Crippen molar-refractivity contribution in [2.45, 2.75) is 6.61 Å². The summed E-state index contributed by atoms with van der Waals surface area (Å²) in [6.45, 7) is 0.152. The maximum absolute atomic E-state index is 13.2. The van der Waals surface area contributed by atoms with E-state index in [1.54, 1.807) is 0 Å². The molecule has 2 aromatic carbocycles. The van der Waals surface area contributed by atoms with Crippen LogP contribution in [0, 0.1) is 5.82 Å². The number of nitrogens with one attached hydrogen (secondary N) is 1. The van der Waals surface area contributed by atoms with E-state index in [-0.39, 0.29) is 12.3 Å². The summed E-state index contributed by atoms with van der Waals surface area (Å²) in [6.07, 6.45) is -0.651. The molecule has 0 heterocycles. The summed E-state index contributed by atoms with van der Waals surface area (Å²) in [5, 5.41) is 2.45. The number of halogens is 1. The minimum atomic E-state index is -0.651. The highest BCUT2D eigenvalue weighted by molar-refractivity contribution is 5.84. The van der Waals surface area contributed by atoms with Gasteiger partial charge < -0.3 is 9.47 Å². The van der Waals surface area contributed by atoms with Crippen LogP contribution < -0.4 is 10.1 Å². The van der Waals surface area contributed by atoms with E-state index in [2.05, 4.69) is 5.32 Å². The van der Waals surface area contributed by atoms with Gasteiger partial charge in [0.05, 0.1) is 12.8 Å². The van der Waals surface area contributed by atoms with Crippen LogP contribution in [-0.4, -0.2) is 13.2 Å². The molecule has 0 saturated carbocycles. The van der Waals surface area contributed by atoms with Crippen molar-refractivity contribution in [3.05, 3.63) is 59.9 Å². The average Bonchev–Trinajstić information content (AvgIpc) is 2.45. The molecule has 1 N–H and O–H groups in total. The third-order valence-electron chi connectivity index (χ3n) is 2.57. The molecule has 0 aromatic heterocycles. The van der Waals surface area contributed by atoms with E-state index in [4.69, 9.17) is 9.47 Å². The molecule has 0 spiro atoms. The first-order valence-electron chi connectivity index (χ1n) is 5.99. The third kappa shape index (κ3) is 3.98. The molecule has 0 aliphatic carbocycles. The molecule has 104 valence electrons. The van der Waals surface area contributed by atoms with Crippen LogP contribution in [0.1, 0.15) is 5.56 Å². The second-order valence-corrected chi connectivity index (χ2v) is 4.07. The molecular weight excluding hydrogens is 261 g/mol. The van der Waals surface area contributed by atoms with E-state index < -0.39 is 11.9 Å². The zero-order valence-corrected chi connectivity index (χ0v) is 10.9. The standard InChI is InChI=1S/C15H14FNO3/c1-19-14-8-12(16)7-13(9-14)17-15(18)20-10-11-5-3-2-4-6-11/h2-9H,10H2,1H3,(H,17,18). The normalized spacial score (nSPS) is 9.90. The summed E-state index contributed by atoms with van der Waals surface area (Å²) >= 11 is 0. The van der Waals surface area contributed by atoms with Crippen LogP contribution in [0.15, 0.2) is 48.5 Å². The molecule has 1 amide bonds. The predicted molar refractivity (Wildman–Crippen MR) is 73.2 cm³/mol. The summed E-state index contributed by atoms with van der Waals surface area (Å²) in [6, 6.07) is 13.2. The Morgan fingerprint density at radius 2 is 1.95 bits per heavy atom. The molecule has 5 heteroatoms. The van der Waals surface area contributed by atoms with Crippen molar-refractivity contribution < 1.29 is 18.7 Å². The molecule has 0 radical (unpaired) electrons. The van der Waals surface area contributed by atoms with E-state index in [9.17, 15) is 9.18 Å². The number of amides is 1. The number of hydrogen-bond acceptors (Lipinski definition) is 3. The second-order valence-electron chi connectivity index (χ2n) is 4.07. The first-order chi connectivity index (χ1) is 9.67. The van der Waals surface area contributed by atoms with Crippen molar-refractivity contribution in [1.29, 1.82) is 0 Å². The molecule has 2 aromatic rings. The van der Waals surface area contributed by atoms with Gasteiger partial charge in [-0.1, -0.05) is 30.3 Å². The van der Waals surface area contributed by atoms with E-state index in [1.807, 2.05) is 30.3 Å². The molecule has 0 fully saturated rings. The Hall–Kier alpha value is -2.56. The Morgan fingerprint density at radius 1 is 1.20 bits per heavy atom. The summed E-state index contributed by atoms with van der Waals surface area (Å²) < 4.78 is 23.2. The second kappa shape index (κ2) is 6.56. The van der Waals surface area contributed by atoms with Crippen LogP contribution in [0.2, 0.25) is 0 Å². The van der Waals surface area contributed by atoms with Crippen molar-refractivity contribution in [3.8, 4) is 5.75 Å². The highest BCUT2D eigenvalue weighted by Crippen LogP contribution is 2.20. The van der Waals surface area contributed by atoms with Gasteiger partial charge in [0.25, 0.3) is 0 Å². The Kier molecular flexibility index (Phi) is 4.55. The number of anilines is 1. The molecule has 0 aliphatic rings. The lowest BCUT2D eigenvalue weighted by Gasteiger charge is -2.08. The van der Waals surface area contributed by atoms with E-state index >= 15 is 0 Å². The molecule has 0 aliphatic heterocycles. The van der Waals surface area contributed by atoms with Crippen LogP contribution >= 0.6 is 0 Å². The van der Waals surface area contributed by atoms with Gasteiger partial charge in [-0.15, -0.1) is 0 Å². The maximum atomic E-state index is 13.2. The van der Waals surface area contributed by atoms with E-state index in [0.717, 1.165) is 5.56 Å². The number of rotatable bonds is 4. The Labute approximate surface area is 116 Å². The van der Waals surface area contributed by atoms with Crippen molar-refractivity contribution in [2.75, 3.05) is 12.4 Å². The highest BCUT2D eigenvalue weighted by atomic mass is 19.1. The summed E-state index contributed by atoms with van der Waals surface area (Å²) in [4.78, 5) is 11.6. The molecular formula is C15H14FNO3. The number of carbonyl (C=O) groups is 1. The summed E-state index contributed by atoms with van der Waals surface area (Å²) in [7, 11) is 1.42. The van der Waals surface area contributed by atoms with Crippen LogP contribution in [0.3, 0.4) is 0 Å². The molecule has 0 saturated heterocycles. The molecule has 20 heavy (non-hydrogen) atoms. The fourth-order valence-corrected chi connectivity index (χ4v) is 1.63. The van der Waals surface area contributed by atoms with Gasteiger partial charge >= 0.3 is 6.09 Å². The highest BCUT2D eigenvalue weighted by Gasteiger charge is 2.06. The van der Waals surface area contributed by atoms with Gasteiger partial charge in [0.15, 0.2) is 0 Å². The fraction of sp³-hybridized carbons (Fsp3) is 0.133. The van der Waals surface area contributed by atoms with Crippen molar-refractivity contribution in [1.82, 2.24) is 0 Å². The first kappa shape index (κ1) is 13.9. The number of benzene rings is 2. The average molecular weight is 275 g/mol. The minimum absolute atomic E-state index is 0.152. The van der Waals surface area contributed by atoms with Crippen LogP contribution in [0.4, 0.5) is 14.9 Å². The van der Waals surface area contributed by atoms with Crippen molar-refractivity contribution >= 4 is 11.8 Å². The van der Waals surface area contributed by atoms with Gasteiger partial charge in [0, 0.05) is 12.1 Å². The first-order valence-corrected chi connectivity index (χ1v) is 5.99. The van der Waals surface area contributed by atoms with Gasteiger partial charge in [0.2, 0.25) is 0 Å². The lowest BCUT2D eigenvalue weighted by molar-refractivity contribution is 0.155. The maximum Gasteiger partial charge on any atom is 0.411 e. The smallest absolute Gasteiger partial charge is 0.411 e. The number of methoxy groups -OCH3 is 1. The van der Waals surface area contributed by atoms with E-state index in [0.29, 0.717) is 5.75 Å². The lowest BCUT2D eigenvalue weighted by Crippen LogP contribution is -2.13. The van der Waals surface area contributed by atoms with Gasteiger partial charge in [-0.25, -0.2) is 9.18 Å². The van der Waals surface area contributed by atoms with Crippen LogP contribution in [0.25, 0.3) is 0 Å². The monoisotopic (exact) mass is 275 g/mol. The topological polar surface area (TPSA) is 47.6 Å². The largest absolute Gasteiger partial charge is 0.497 e. The van der Waals surface area contributed by atoms with Crippen molar-refractivity contribution in [3.63, 3.8) is 0 Å². The zero-order valence-electron chi connectivity index (χ0n) is 10.9. The molecule has 2 rings (SSSR count). The molecule has 0 unspecified atom stereocenters. The molecule has 0 bridgehead atoms. The SMILES string of the molecule is COc1cc(F)cc(NC(=O)OCc2ccccc2)c1. The Bertz CT molecular complexity index is 587. The molecule has 0 atom stereocenters. The number of hydrogen-bond donors (Lipinski definition) is 1. The van der Waals surface area contributed by atoms with Crippen molar-refractivity contribution in [2.24, 2.45) is 0 Å². The number of ether oxygens (including phenoxy) is 2. The summed E-state index contributed by atoms with van der Waals surface area (Å²) in [5.41, 5.74) is 1.15. The quantitative estimate of drug-likeness (QED) is 0.927. The number of carbonyl (C=O) groups excluding carboxylic acids is 1. The van der Waals surface area contributed by atoms with E-state index in [1.165, 1.54) is 25.3 Å². The van der Waals surface area contributed by atoms with Crippen LogP contribution in [-0.2, 0) is 11.3 Å². The minimum Gasteiger partial charge on any atom is -0.497 e. The van der Waals surface area contributed by atoms with Gasteiger partial charge in [0.1, 0.15) is 18.2 Å².